The first kappa shape index (κ1) is 31.1. The number of hydrogen-bond donors (Lipinski definition) is 0. The minimum Gasteiger partial charge on any atom is -0.301 e. The SMILES string of the molecule is Cc1ccc2ccc3cc(F)c(C)[c-]c3c2n1.Fc1cc(F)c(-c2cccc3cccnc23)[c-]c1-c1cccc2cccnc12.[Pt+2]. The van der Waals surface area contributed by atoms with E-state index in [9.17, 15) is 13.2 Å². The Balaban J connectivity index is 0.000000177. The number of halogens is 3. The standard InChI is InChI=1S/C24H13F2N2.C15H11FN.Pt/c25-21-14-22(26)20(18-10-2-6-16-8-4-12-28-24(16)18)13-19(21)17-9-1-5-15-7-3-11-27-23(15)17;1-9-7-13-12(8-14(9)16)6-5-11-4-3-10(2)17-15(11)13;/h1-12,14H;3-6,8H,1-2H3;/q2*-1;+2. The Hall–Kier alpha value is -4.93. The molecule has 0 saturated carbocycles. The van der Waals surface area contributed by atoms with Gasteiger partial charge in [-0.05, 0) is 46.8 Å². The summed E-state index contributed by atoms with van der Waals surface area (Å²) in [5.74, 6) is -1.57. The van der Waals surface area contributed by atoms with Gasteiger partial charge in [0.2, 0.25) is 0 Å². The Kier molecular flexibility index (Phi) is 8.66. The quantitative estimate of drug-likeness (QED) is 0.129. The van der Waals surface area contributed by atoms with E-state index in [4.69, 9.17) is 0 Å². The molecule has 8 aromatic rings. The van der Waals surface area contributed by atoms with Crippen LogP contribution in [0, 0.1) is 43.4 Å². The molecule has 0 amide bonds. The van der Waals surface area contributed by atoms with E-state index < -0.39 is 11.6 Å². The number of benzene rings is 5. The second-order valence-electron chi connectivity index (χ2n) is 10.8. The van der Waals surface area contributed by atoms with E-state index in [-0.39, 0.29) is 38.0 Å². The summed E-state index contributed by atoms with van der Waals surface area (Å²) in [6.45, 7) is 3.68. The number of aromatic nitrogens is 3. The monoisotopic (exact) mass is 786 g/mol. The van der Waals surface area contributed by atoms with Crippen LogP contribution in [0.1, 0.15) is 11.3 Å². The molecule has 0 aliphatic rings. The minimum atomic E-state index is -0.674. The largest absolute Gasteiger partial charge is 2.00 e. The van der Waals surface area contributed by atoms with Crippen molar-refractivity contribution in [3.05, 3.63) is 150 Å². The van der Waals surface area contributed by atoms with Crippen LogP contribution >= 0.6 is 0 Å². The van der Waals surface area contributed by atoms with Gasteiger partial charge in [0.15, 0.2) is 0 Å². The van der Waals surface area contributed by atoms with Crippen molar-refractivity contribution in [2.75, 3.05) is 0 Å². The zero-order valence-corrected chi connectivity index (χ0v) is 27.0. The van der Waals surface area contributed by atoms with Crippen LogP contribution in [0.25, 0.3) is 65.7 Å². The normalized spacial score (nSPS) is 11.0. The molecular weight excluding hydrogens is 763 g/mol. The van der Waals surface area contributed by atoms with Crippen LogP contribution in [0.3, 0.4) is 0 Å². The van der Waals surface area contributed by atoms with Crippen molar-refractivity contribution in [2.24, 2.45) is 0 Å². The summed E-state index contributed by atoms with van der Waals surface area (Å²) in [7, 11) is 0. The topological polar surface area (TPSA) is 38.7 Å². The fraction of sp³-hybridized carbons (Fsp3) is 0.0513. The van der Waals surface area contributed by atoms with E-state index in [2.05, 4.69) is 27.1 Å². The maximum atomic E-state index is 14.8. The fourth-order valence-electron chi connectivity index (χ4n) is 5.55. The van der Waals surface area contributed by atoms with Crippen molar-refractivity contribution in [1.82, 2.24) is 15.0 Å². The van der Waals surface area contributed by atoms with Crippen LogP contribution in [0.5, 0.6) is 0 Å². The molecule has 0 unspecified atom stereocenters. The second kappa shape index (κ2) is 12.8. The Labute approximate surface area is 278 Å². The maximum absolute atomic E-state index is 14.8. The van der Waals surface area contributed by atoms with Crippen molar-refractivity contribution in [1.29, 1.82) is 0 Å². The molecule has 0 atom stereocenters. The van der Waals surface area contributed by atoms with Crippen molar-refractivity contribution in [3.8, 4) is 22.3 Å². The summed E-state index contributed by atoms with van der Waals surface area (Å²) in [6.07, 6.45) is 3.31. The van der Waals surface area contributed by atoms with Crippen molar-refractivity contribution < 1.29 is 34.2 Å². The summed E-state index contributed by atoms with van der Waals surface area (Å²) < 4.78 is 43.0. The van der Waals surface area contributed by atoms with E-state index in [0.29, 0.717) is 27.7 Å². The van der Waals surface area contributed by atoms with Gasteiger partial charge in [0.05, 0.1) is 11.6 Å². The molecule has 0 radical (unpaired) electrons. The molecule has 0 fully saturated rings. The van der Waals surface area contributed by atoms with E-state index >= 15 is 0 Å². The first-order valence-electron chi connectivity index (χ1n) is 14.4. The van der Waals surface area contributed by atoms with Gasteiger partial charge < -0.3 is 4.98 Å². The predicted octanol–water partition coefficient (Wildman–Crippen LogP) is 10.1. The average Bonchev–Trinajstić information content (AvgIpc) is 3.05. The molecule has 3 heterocycles. The van der Waals surface area contributed by atoms with E-state index in [1.807, 2.05) is 79.7 Å². The summed E-state index contributed by atoms with van der Waals surface area (Å²) >= 11 is 0. The van der Waals surface area contributed by atoms with Crippen LogP contribution in [-0.4, -0.2) is 15.0 Å². The number of pyridine rings is 3. The molecule has 5 aromatic carbocycles. The molecule has 7 heteroatoms. The van der Waals surface area contributed by atoms with Gasteiger partial charge in [-0.25, -0.2) is 0 Å². The first-order chi connectivity index (χ1) is 21.9. The van der Waals surface area contributed by atoms with E-state index in [1.165, 1.54) is 0 Å². The van der Waals surface area contributed by atoms with Crippen molar-refractivity contribution >= 4 is 43.5 Å². The van der Waals surface area contributed by atoms with Gasteiger partial charge in [-0.15, -0.1) is 29.0 Å². The molecular formula is C39H24F3N3Pt. The van der Waals surface area contributed by atoms with Crippen LogP contribution < -0.4 is 0 Å². The maximum Gasteiger partial charge on any atom is 2.00 e. The number of aryl methyl sites for hydroxylation is 2. The van der Waals surface area contributed by atoms with Gasteiger partial charge in [0.1, 0.15) is 0 Å². The van der Waals surface area contributed by atoms with E-state index in [1.54, 1.807) is 37.5 Å². The summed E-state index contributed by atoms with van der Waals surface area (Å²) in [5.41, 5.74) is 5.21. The van der Waals surface area contributed by atoms with Crippen LogP contribution in [0.2, 0.25) is 0 Å². The third-order valence-corrected chi connectivity index (χ3v) is 7.77. The third-order valence-electron chi connectivity index (χ3n) is 7.77. The number of hydrogen-bond acceptors (Lipinski definition) is 3. The summed E-state index contributed by atoms with van der Waals surface area (Å²) in [6, 6.07) is 34.9. The molecule has 0 aliphatic heterocycles. The molecule has 3 aromatic heterocycles. The van der Waals surface area contributed by atoms with Crippen LogP contribution in [0.15, 0.2) is 109 Å². The first-order valence-corrected chi connectivity index (χ1v) is 14.4. The van der Waals surface area contributed by atoms with Gasteiger partial charge in [-0.3, -0.25) is 23.1 Å². The van der Waals surface area contributed by atoms with Crippen molar-refractivity contribution in [3.63, 3.8) is 0 Å². The summed E-state index contributed by atoms with van der Waals surface area (Å²) in [5, 5.41) is 4.56. The zero-order valence-electron chi connectivity index (χ0n) is 24.7. The van der Waals surface area contributed by atoms with Gasteiger partial charge in [-0.2, -0.15) is 0 Å². The van der Waals surface area contributed by atoms with Gasteiger partial charge >= 0.3 is 21.1 Å². The second-order valence-corrected chi connectivity index (χ2v) is 10.8. The number of para-hydroxylation sites is 2. The van der Waals surface area contributed by atoms with Crippen LogP contribution in [0.4, 0.5) is 13.2 Å². The Morgan fingerprint density at radius 1 is 0.522 bits per heavy atom. The number of fused-ring (bicyclic) bond motifs is 5. The van der Waals surface area contributed by atoms with Gasteiger partial charge in [0, 0.05) is 34.9 Å². The molecule has 226 valence electrons. The number of rotatable bonds is 2. The predicted molar refractivity (Wildman–Crippen MR) is 174 cm³/mol. The van der Waals surface area contributed by atoms with Gasteiger partial charge in [-0.1, -0.05) is 108 Å². The fourth-order valence-corrected chi connectivity index (χ4v) is 5.55. The summed E-state index contributed by atoms with van der Waals surface area (Å²) in [4.78, 5) is 13.3. The third kappa shape index (κ3) is 5.77. The Bertz CT molecular complexity index is 2300. The number of nitrogens with zero attached hydrogens (tertiary/aromatic N) is 3. The zero-order chi connectivity index (χ0) is 31.1. The van der Waals surface area contributed by atoms with Crippen LogP contribution in [-0.2, 0) is 21.1 Å². The van der Waals surface area contributed by atoms with E-state index in [0.717, 1.165) is 44.2 Å². The smallest absolute Gasteiger partial charge is 0.301 e. The Morgan fingerprint density at radius 3 is 1.65 bits per heavy atom. The molecule has 0 N–H and O–H groups in total. The molecule has 0 spiro atoms. The molecule has 46 heavy (non-hydrogen) atoms. The van der Waals surface area contributed by atoms with Crippen molar-refractivity contribution in [2.45, 2.75) is 13.8 Å². The molecule has 8 rings (SSSR count). The molecule has 0 aliphatic carbocycles. The molecule has 0 bridgehead atoms. The van der Waals surface area contributed by atoms with Gasteiger partial charge in [0.25, 0.3) is 0 Å². The molecule has 0 saturated heterocycles. The average molecular weight is 787 g/mol. The minimum absolute atomic E-state index is 0. The molecule has 3 nitrogen and oxygen atoms in total. The Morgan fingerprint density at radius 2 is 1.04 bits per heavy atom.